The SMILES string of the molecule is CCOC(=O)[C@@H]1CCCN(CCC(OCC)OCC)C1. The number of hydrogen-bond acceptors (Lipinski definition) is 5. The topological polar surface area (TPSA) is 48.0 Å². The Morgan fingerprint density at radius 2 is 1.90 bits per heavy atom. The lowest BCUT2D eigenvalue weighted by atomic mass is 9.98. The lowest BCUT2D eigenvalue weighted by Crippen LogP contribution is -2.41. The second-order valence-corrected chi connectivity index (χ2v) is 5.02. The van der Waals surface area contributed by atoms with Gasteiger partial charge in [-0.1, -0.05) is 0 Å². The molecule has 0 amide bonds. The Labute approximate surface area is 122 Å². The highest BCUT2D eigenvalue weighted by Crippen LogP contribution is 2.18. The number of esters is 1. The average molecular weight is 287 g/mol. The third-order valence-corrected chi connectivity index (χ3v) is 3.51. The van der Waals surface area contributed by atoms with Crippen LogP contribution in [0.3, 0.4) is 0 Å². The Kier molecular flexibility index (Phi) is 8.82. The van der Waals surface area contributed by atoms with E-state index in [2.05, 4.69) is 4.90 Å². The summed E-state index contributed by atoms with van der Waals surface area (Å²) in [6.07, 6.45) is 2.71. The Morgan fingerprint density at radius 1 is 1.20 bits per heavy atom. The zero-order chi connectivity index (χ0) is 14.8. The van der Waals surface area contributed by atoms with Gasteiger partial charge in [0, 0.05) is 32.7 Å². The molecule has 0 N–H and O–H groups in total. The lowest BCUT2D eigenvalue weighted by molar-refractivity contribution is -0.151. The second-order valence-electron chi connectivity index (χ2n) is 5.02. The molecule has 1 rings (SSSR count). The number of rotatable bonds is 9. The number of nitrogens with zero attached hydrogens (tertiary/aromatic N) is 1. The summed E-state index contributed by atoms with van der Waals surface area (Å²) in [7, 11) is 0. The molecule has 1 atom stereocenters. The Balaban J connectivity index is 2.33. The van der Waals surface area contributed by atoms with Gasteiger partial charge in [-0.3, -0.25) is 4.79 Å². The van der Waals surface area contributed by atoms with Gasteiger partial charge < -0.3 is 19.1 Å². The van der Waals surface area contributed by atoms with Crippen molar-refractivity contribution >= 4 is 5.97 Å². The summed E-state index contributed by atoms with van der Waals surface area (Å²) in [6.45, 7) is 10.3. The van der Waals surface area contributed by atoms with Crippen molar-refractivity contribution in [3.05, 3.63) is 0 Å². The van der Waals surface area contributed by atoms with Crippen LogP contribution in [0.4, 0.5) is 0 Å². The smallest absolute Gasteiger partial charge is 0.310 e. The summed E-state index contributed by atoms with van der Waals surface area (Å²) < 4.78 is 16.2. The molecule has 0 aromatic carbocycles. The maximum Gasteiger partial charge on any atom is 0.310 e. The van der Waals surface area contributed by atoms with Crippen LogP contribution >= 0.6 is 0 Å². The van der Waals surface area contributed by atoms with E-state index in [0.29, 0.717) is 19.8 Å². The van der Waals surface area contributed by atoms with Gasteiger partial charge in [-0.15, -0.1) is 0 Å². The minimum atomic E-state index is -0.132. The molecule has 0 bridgehead atoms. The number of hydrogen-bond donors (Lipinski definition) is 0. The molecule has 0 aliphatic carbocycles. The van der Waals surface area contributed by atoms with Crippen molar-refractivity contribution in [1.82, 2.24) is 4.90 Å². The number of carbonyl (C=O) groups is 1. The first-order valence-electron chi connectivity index (χ1n) is 7.83. The van der Waals surface area contributed by atoms with Crippen LogP contribution in [-0.2, 0) is 19.0 Å². The summed E-state index contributed by atoms with van der Waals surface area (Å²) in [4.78, 5) is 14.1. The molecule has 1 aliphatic heterocycles. The summed E-state index contributed by atoms with van der Waals surface area (Å²) in [6, 6.07) is 0. The third-order valence-electron chi connectivity index (χ3n) is 3.51. The fraction of sp³-hybridized carbons (Fsp3) is 0.933. The molecule has 1 fully saturated rings. The van der Waals surface area contributed by atoms with E-state index >= 15 is 0 Å². The predicted octanol–water partition coefficient (Wildman–Crippen LogP) is 2.05. The number of likely N-dealkylation sites (tertiary alicyclic amines) is 1. The van der Waals surface area contributed by atoms with Crippen molar-refractivity contribution in [3.63, 3.8) is 0 Å². The van der Waals surface area contributed by atoms with Crippen molar-refractivity contribution in [2.75, 3.05) is 39.5 Å². The van der Waals surface area contributed by atoms with E-state index in [1.807, 2.05) is 20.8 Å². The Bertz CT molecular complexity index is 267. The Morgan fingerprint density at radius 3 is 2.50 bits per heavy atom. The molecule has 0 radical (unpaired) electrons. The maximum atomic E-state index is 11.8. The maximum absolute atomic E-state index is 11.8. The molecule has 0 unspecified atom stereocenters. The van der Waals surface area contributed by atoms with Crippen LogP contribution in [0.5, 0.6) is 0 Å². The van der Waals surface area contributed by atoms with Crippen LogP contribution in [0.15, 0.2) is 0 Å². The molecule has 0 aromatic heterocycles. The van der Waals surface area contributed by atoms with Gasteiger partial charge in [-0.25, -0.2) is 0 Å². The minimum absolute atomic E-state index is 0.0290. The van der Waals surface area contributed by atoms with Crippen LogP contribution in [-0.4, -0.2) is 56.6 Å². The van der Waals surface area contributed by atoms with E-state index in [9.17, 15) is 4.79 Å². The third kappa shape index (κ3) is 6.20. The lowest BCUT2D eigenvalue weighted by Gasteiger charge is -2.32. The van der Waals surface area contributed by atoms with E-state index < -0.39 is 0 Å². The van der Waals surface area contributed by atoms with E-state index in [1.165, 1.54) is 0 Å². The van der Waals surface area contributed by atoms with Crippen LogP contribution < -0.4 is 0 Å². The molecule has 20 heavy (non-hydrogen) atoms. The number of ether oxygens (including phenoxy) is 3. The molecule has 1 aliphatic rings. The van der Waals surface area contributed by atoms with Gasteiger partial charge in [-0.2, -0.15) is 0 Å². The van der Waals surface area contributed by atoms with Crippen molar-refractivity contribution in [2.24, 2.45) is 5.92 Å². The largest absolute Gasteiger partial charge is 0.466 e. The first-order chi connectivity index (χ1) is 9.71. The van der Waals surface area contributed by atoms with E-state index in [1.54, 1.807) is 0 Å². The van der Waals surface area contributed by atoms with Gasteiger partial charge >= 0.3 is 5.97 Å². The molecule has 0 spiro atoms. The zero-order valence-corrected chi connectivity index (χ0v) is 13.1. The predicted molar refractivity (Wildman–Crippen MR) is 77.5 cm³/mol. The molecule has 0 aromatic rings. The highest BCUT2D eigenvalue weighted by molar-refractivity contribution is 5.72. The summed E-state index contributed by atoms with van der Waals surface area (Å²) in [5.41, 5.74) is 0. The highest BCUT2D eigenvalue weighted by Gasteiger charge is 2.27. The number of piperidine rings is 1. The molecule has 0 saturated carbocycles. The molecule has 5 nitrogen and oxygen atoms in total. The monoisotopic (exact) mass is 287 g/mol. The normalized spacial score (nSPS) is 20.3. The molecule has 1 heterocycles. The molecule has 1 saturated heterocycles. The molecule has 5 heteroatoms. The van der Waals surface area contributed by atoms with Gasteiger partial charge in [-0.05, 0) is 40.2 Å². The van der Waals surface area contributed by atoms with Crippen molar-refractivity contribution in [3.8, 4) is 0 Å². The molecule has 118 valence electrons. The van der Waals surface area contributed by atoms with Crippen molar-refractivity contribution in [2.45, 2.75) is 46.3 Å². The minimum Gasteiger partial charge on any atom is -0.466 e. The van der Waals surface area contributed by atoms with Crippen LogP contribution in [0.2, 0.25) is 0 Å². The first kappa shape index (κ1) is 17.4. The van der Waals surface area contributed by atoms with Gasteiger partial charge in [0.2, 0.25) is 0 Å². The van der Waals surface area contributed by atoms with Crippen LogP contribution in [0.25, 0.3) is 0 Å². The summed E-state index contributed by atoms with van der Waals surface area (Å²) in [5, 5.41) is 0. The van der Waals surface area contributed by atoms with Crippen molar-refractivity contribution in [1.29, 1.82) is 0 Å². The zero-order valence-electron chi connectivity index (χ0n) is 13.1. The van der Waals surface area contributed by atoms with E-state index in [4.69, 9.17) is 14.2 Å². The fourth-order valence-corrected chi connectivity index (χ4v) is 2.59. The molecular weight excluding hydrogens is 258 g/mol. The van der Waals surface area contributed by atoms with Gasteiger partial charge in [0.15, 0.2) is 6.29 Å². The quantitative estimate of drug-likeness (QED) is 0.480. The summed E-state index contributed by atoms with van der Waals surface area (Å²) in [5.74, 6) is -0.0234. The second kappa shape index (κ2) is 10.1. The van der Waals surface area contributed by atoms with Gasteiger partial charge in [0.05, 0.1) is 12.5 Å². The summed E-state index contributed by atoms with van der Waals surface area (Å²) >= 11 is 0. The first-order valence-corrected chi connectivity index (χ1v) is 7.83. The van der Waals surface area contributed by atoms with Gasteiger partial charge in [0.25, 0.3) is 0 Å². The average Bonchev–Trinajstić information content (AvgIpc) is 2.46. The highest BCUT2D eigenvalue weighted by atomic mass is 16.7. The Hall–Kier alpha value is -0.650. The van der Waals surface area contributed by atoms with E-state index in [-0.39, 0.29) is 18.2 Å². The van der Waals surface area contributed by atoms with Crippen molar-refractivity contribution < 1.29 is 19.0 Å². The molecular formula is C15H29NO4. The van der Waals surface area contributed by atoms with Gasteiger partial charge in [0.1, 0.15) is 0 Å². The number of carbonyl (C=O) groups excluding carboxylic acids is 1. The van der Waals surface area contributed by atoms with E-state index in [0.717, 1.165) is 38.9 Å². The fourth-order valence-electron chi connectivity index (χ4n) is 2.59. The van der Waals surface area contributed by atoms with Crippen LogP contribution in [0.1, 0.15) is 40.0 Å². The van der Waals surface area contributed by atoms with Crippen LogP contribution in [0, 0.1) is 5.92 Å². The standard InChI is InChI=1S/C15H29NO4/c1-4-18-14(19-5-2)9-11-16-10-7-8-13(12-16)15(17)20-6-3/h13-14H,4-12H2,1-3H3/t13-/m1/s1.